The third kappa shape index (κ3) is 2.78. The second kappa shape index (κ2) is 5.69. The molecule has 3 unspecified atom stereocenters. The van der Waals surface area contributed by atoms with E-state index in [0.29, 0.717) is 17.7 Å². The van der Waals surface area contributed by atoms with Crippen LogP contribution in [0.3, 0.4) is 0 Å². The SMILES string of the molecule is CC1CNNC1C1(C)CCCN(C(=O)c2cnccn2)C1. The van der Waals surface area contributed by atoms with Crippen molar-refractivity contribution in [3.8, 4) is 0 Å². The van der Waals surface area contributed by atoms with Crippen molar-refractivity contribution in [1.82, 2.24) is 25.7 Å². The highest BCUT2D eigenvalue weighted by Gasteiger charge is 2.43. The summed E-state index contributed by atoms with van der Waals surface area (Å²) in [5.41, 5.74) is 7.18. The van der Waals surface area contributed by atoms with Crippen LogP contribution in [0.15, 0.2) is 18.6 Å². The van der Waals surface area contributed by atoms with Crippen molar-refractivity contribution >= 4 is 5.91 Å². The van der Waals surface area contributed by atoms with E-state index in [-0.39, 0.29) is 11.3 Å². The zero-order valence-electron chi connectivity index (χ0n) is 12.7. The first-order chi connectivity index (χ1) is 10.1. The molecule has 0 saturated carbocycles. The van der Waals surface area contributed by atoms with Crippen molar-refractivity contribution in [3.05, 3.63) is 24.3 Å². The lowest BCUT2D eigenvalue weighted by molar-refractivity contribution is 0.0410. The number of hydrazine groups is 1. The van der Waals surface area contributed by atoms with Crippen LogP contribution in [0, 0.1) is 11.3 Å². The Bertz CT molecular complexity index is 508. The Morgan fingerprint density at radius 2 is 2.33 bits per heavy atom. The zero-order valence-corrected chi connectivity index (χ0v) is 12.7. The Balaban J connectivity index is 1.75. The fraction of sp³-hybridized carbons (Fsp3) is 0.667. The number of nitrogens with zero attached hydrogens (tertiary/aromatic N) is 3. The van der Waals surface area contributed by atoms with Crippen molar-refractivity contribution in [3.63, 3.8) is 0 Å². The third-order valence-electron chi connectivity index (χ3n) is 4.80. The molecule has 21 heavy (non-hydrogen) atoms. The lowest BCUT2D eigenvalue weighted by Gasteiger charge is -2.45. The van der Waals surface area contributed by atoms with Crippen LogP contribution >= 0.6 is 0 Å². The van der Waals surface area contributed by atoms with Gasteiger partial charge in [0.1, 0.15) is 5.69 Å². The number of nitrogens with one attached hydrogen (secondary N) is 2. The zero-order chi connectivity index (χ0) is 14.9. The summed E-state index contributed by atoms with van der Waals surface area (Å²) in [5.74, 6) is 0.564. The number of amides is 1. The van der Waals surface area contributed by atoms with Crippen LogP contribution in [0.1, 0.15) is 37.2 Å². The highest BCUT2D eigenvalue weighted by molar-refractivity contribution is 5.92. The number of carbonyl (C=O) groups excluding carboxylic acids is 1. The van der Waals surface area contributed by atoms with Crippen LogP contribution in [-0.2, 0) is 0 Å². The average Bonchev–Trinajstić information content (AvgIpc) is 2.94. The summed E-state index contributed by atoms with van der Waals surface area (Å²) in [6.07, 6.45) is 6.88. The van der Waals surface area contributed by atoms with Gasteiger partial charge in [0.2, 0.25) is 0 Å². The van der Waals surface area contributed by atoms with E-state index in [2.05, 4.69) is 34.7 Å². The van der Waals surface area contributed by atoms with E-state index >= 15 is 0 Å². The fourth-order valence-electron chi connectivity index (χ4n) is 3.72. The van der Waals surface area contributed by atoms with E-state index in [9.17, 15) is 4.79 Å². The Kier molecular flexibility index (Phi) is 3.91. The average molecular weight is 289 g/mol. The van der Waals surface area contributed by atoms with Crippen molar-refractivity contribution in [2.45, 2.75) is 32.7 Å². The first-order valence-corrected chi connectivity index (χ1v) is 7.64. The molecule has 0 spiro atoms. The van der Waals surface area contributed by atoms with Crippen molar-refractivity contribution in [2.24, 2.45) is 11.3 Å². The number of hydrogen-bond acceptors (Lipinski definition) is 5. The Morgan fingerprint density at radius 1 is 1.48 bits per heavy atom. The molecule has 2 aliphatic rings. The van der Waals surface area contributed by atoms with E-state index in [1.54, 1.807) is 18.6 Å². The predicted octanol–water partition coefficient (Wildman–Crippen LogP) is 0.831. The van der Waals surface area contributed by atoms with Gasteiger partial charge in [0, 0.05) is 43.5 Å². The molecule has 0 bridgehead atoms. The summed E-state index contributed by atoms with van der Waals surface area (Å²) >= 11 is 0. The maximum Gasteiger partial charge on any atom is 0.274 e. The number of piperidine rings is 1. The summed E-state index contributed by atoms with van der Waals surface area (Å²) in [7, 11) is 0. The molecule has 1 aromatic rings. The van der Waals surface area contributed by atoms with Crippen LogP contribution in [0.2, 0.25) is 0 Å². The first-order valence-electron chi connectivity index (χ1n) is 7.64. The van der Waals surface area contributed by atoms with Gasteiger partial charge in [-0.25, -0.2) is 4.98 Å². The van der Waals surface area contributed by atoms with E-state index in [0.717, 1.165) is 32.5 Å². The highest BCUT2D eigenvalue weighted by Crippen LogP contribution is 2.37. The molecule has 3 heterocycles. The molecule has 6 nitrogen and oxygen atoms in total. The quantitative estimate of drug-likeness (QED) is 0.844. The highest BCUT2D eigenvalue weighted by atomic mass is 16.2. The maximum absolute atomic E-state index is 12.6. The lowest BCUT2D eigenvalue weighted by atomic mass is 9.72. The Labute approximate surface area is 125 Å². The maximum atomic E-state index is 12.6. The van der Waals surface area contributed by atoms with Gasteiger partial charge in [0.25, 0.3) is 5.91 Å². The van der Waals surface area contributed by atoms with E-state index in [4.69, 9.17) is 0 Å². The molecular formula is C15H23N5O. The largest absolute Gasteiger partial charge is 0.337 e. The molecule has 114 valence electrons. The van der Waals surface area contributed by atoms with Crippen LogP contribution in [0.25, 0.3) is 0 Å². The minimum Gasteiger partial charge on any atom is -0.337 e. The monoisotopic (exact) mass is 289 g/mol. The molecule has 3 atom stereocenters. The van der Waals surface area contributed by atoms with Crippen molar-refractivity contribution < 1.29 is 4.79 Å². The van der Waals surface area contributed by atoms with Gasteiger partial charge in [-0.15, -0.1) is 0 Å². The lowest BCUT2D eigenvalue weighted by Crippen LogP contribution is -2.55. The topological polar surface area (TPSA) is 70.2 Å². The number of rotatable bonds is 2. The molecule has 2 N–H and O–H groups in total. The van der Waals surface area contributed by atoms with Crippen molar-refractivity contribution in [2.75, 3.05) is 19.6 Å². The fourth-order valence-corrected chi connectivity index (χ4v) is 3.72. The summed E-state index contributed by atoms with van der Waals surface area (Å²) < 4.78 is 0. The third-order valence-corrected chi connectivity index (χ3v) is 4.80. The Morgan fingerprint density at radius 3 is 3.00 bits per heavy atom. The van der Waals surface area contributed by atoms with Crippen LogP contribution in [-0.4, -0.2) is 46.5 Å². The van der Waals surface area contributed by atoms with E-state index in [1.165, 1.54) is 0 Å². The predicted molar refractivity (Wildman–Crippen MR) is 79.4 cm³/mol. The number of hydrogen-bond donors (Lipinski definition) is 2. The van der Waals surface area contributed by atoms with Crippen molar-refractivity contribution in [1.29, 1.82) is 0 Å². The molecule has 2 aliphatic heterocycles. The van der Waals surface area contributed by atoms with Gasteiger partial charge in [-0.05, 0) is 18.8 Å². The molecule has 0 aromatic carbocycles. The van der Waals surface area contributed by atoms with Gasteiger partial charge < -0.3 is 4.90 Å². The second-order valence-corrected chi connectivity index (χ2v) is 6.56. The van der Waals surface area contributed by atoms with Gasteiger partial charge in [0.05, 0.1) is 6.20 Å². The van der Waals surface area contributed by atoms with Crippen LogP contribution in [0.5, 0.6) is 0 Å². The minimum absolute atomic E-state index is 0.00682. The Hall–Kier alpha value is -1.53. The molecule has 0 radical (unpaired) electrons. The van der Waals surface area contributed by atoms with Gasteiger partial charge in [-0.1, -0.05) is 13.8 Å². The summed E-state index contributed by atoms with van der Waals surface area (Å²) in [6.45, 7) is 7.10. The molecule has 3 rings (SSSR count). The molecule has 6 heteroatoms. The smallest absolute Gasteiger partial charge is 0.274 e. The first kappa shape index (κ1) is 14.4. The summed E-state index contributed by atoms with van der Waals surface area (Å²) in [5, 5.41) is 0. The van der Waals surface area contributed by atoms with Crippen LogP contribution < -0.4 is 10.9 Å². The molecule has 2 fully saturated rings. The second-order valence-electron chi connectivity index (χ2n) is 6.56. The molecule has 2 saturated heterocycles. The molecule has 1 aromatic heterocycles. The van der Waals surface area contributed by atoms with Crippen LogP contribution in [0.4, 0.5) is 0 Å². The van der Waals surface area contributed by atoms with Gasteiger partial charge in [-0.2, -0.15) is 0 Å². The molecule has 0 aliphatic carbocycles. The normalized spacial score (nSPS) is 33.1. The van der Waals surface area contributed by atoms with Gasteiger partial charge in [-0.3, -0.25) is 20.6 Å². The molecular weight excluding hydrogens is 266 g/mol. The standard InChI is InChI=1S/C15H23N5O/c1-11-8-18-19-13(11)15(2)4-3-7-20(10-15)14(21)12-9-16-5-6-17-12/h5-6,9,11,13,18-19H,3-4,7-8,10H2,1-2H3. The minimum atomic E-state index is -0.00682. The van der Waals surface area contributed by atoms with E-state index < -0.39 is 0 Å². The number of likely N-dealkylation sites (tertiary alicyclic amines) is 1. The van der Waals surface area contributed by atoms with Gasteiger partial charge in [0.15, 0.2) is 0 Å². The number of aromatic nitrogens is 2. The number of carbonyl (C=O) groups is 1. The van der Waals surface area contributed by atoms with Gasteiger partial charge >= 0.3 is 0 Å². The van der Waals surface area contributed by atoms with E-state index in [1.807, 2.05) is 4.90 Å². The molecule has 1 amide bonds. The summed E-state index contributed by atoms with van der Waals surface area (Å²) in [6, 6.07) is 0.398. The summed E-state index contributed by atoms with van der Waals surface area (Å²) in [4.78, 5) is 22.6.